The Morgan fingerprint density at radius 1 is 0.944 bits per heavy atom. The molecular formula is C28H48F2N4O2. The number of urea groups is 1. The summed E-state index contributed by atoms with van der Waals surface area (Å²) in [5, 5.41) is 0.324. The van der Waals surface area contributed by atoms with E-state index in [2.05, 4.69) is 40.2 Å². The van der Waals surface area contributed by atoms with E-state index in [4.69, 9.17) is 11.7 Å². The number of alkyl halides is 2. The van der Waals surface area contributed by atoms with E-state index in [1.54, 1.807) is 0 Å². The molecule has 0 aromatic carbocycles. The predicted molar refractivity (Wildman–Crippen MR) is 140 cm³/mol. The molecule has 0 aliphatic heterocycles. The van der Waals surface area contributed by atoms with Crippen LogP contribution in [0.25, 0.3) is 0 Å². The first-order valence-corrected chi connectivity index (χ1v) is 13.4. The van der Waals surface area contributed by atoms with Crippen LogP contribution in [0.1, 0.15) is 78.6 Å². The summed E-state index contributed by atoms with van der Waals surface area (Å²) in [6, 6.07) is -4.80. The summed E-state index contributed by atoms with van der Waals surface area (Å²) in [5.41, 5.74) is -0.0893. The van der Waals surface area contributed by atoms with Gasteiger partial charge in [-0.15, -0.1) is 26.3 Å². The lowest BCUT2D eigenvalue weighted by atomic mass is 9.49. The fourth-order valence-electron chi connectivity index (χ4n) is 8.27. The van der Waals surface area contributed by atoms with Crippen LogP contribution < -0.4 is 11.7 Å². The summed E-state index contributed by atoms with van der Waals surface area (Å²) in [6.45, 7) is 16.8. The van der Waals surface area contributed by atoms with E-state index in [0.29, 0.717) is 23.8 Å². The first-order valence-electron chi connectivity index (χ1n) is 13.4. The fourth-order valence-corrected chi connectivity index (χ4v) is 8.27. The molecule has 7 unspecified atom stereocenters. The zero-order valence-electron chi connectivity index (χ0n) is 22.6. The van der Waals surface area contributed by atoms with Gasteiger partial charge in [0.2, 0.25) is 0 Å². The van der Waals surface area contributed by atoms with Gasteiger partial charge in [0.15, 0.2) is 5.78 Å². The second-order valence-electron chi connectivity index (χ2n) is 11.6. The predicted octanol–water partition coefficient (Wildman–Crippen LogP) is 6.15. The highest BCUT2D eigenvalue weighted by atomic mass is 19.3. The van der Waals surface area contributed by atoms with Crippen molar-refractivity contribution in [3.8, 4) is 0 Å². The molecule has 0 saturated heterocycles. The number of carbonyl (C=O) groups excluding carboxylic acids is 2. The molecule has 36 heavy (non-hydrogen) atoms. The van der Waals surface area contributed by atoms with Crippen LogP contribution in [0.3, 0.4) is 0 Å². The minimum atomic E-state index is -3.55. The minimum absolute atomic E-state index is 0.0893. The molecule has 0 bridgehead atoms. The summed E-state index contributed by atoms with van der Waals surface area (Å²) >= 11 is 0. The number of Topliss-reactive ketones (excluding diaryl/α,β-unsaturated/α-hetero) is 1. The van der Waals surface area contributed by atoms with Gasteiger partial charge in [-0.25, -0.2) is 16.5 Å². The van der Waals surface area contributed by atoms with Crippen LogP contribution in [-0.2, 0) is 4.79 Å². The van der Waals surface area contributed by atoms with Gasteiger partial charge in [0, 0.05) is 12.8 Å². The topological polar surface area (TPSA) is 92.7 Å². The zero-order valence-corrected chi connectivity index (χ0v) is 22.6. The van der Waals surface area contributed by atoms with Gasteiger partial charge in [0.05, 0.1) is 6.54 Å². The van der Waals surface area contributed by atoms with Crippen molar-refractivity contribution in [2.45, 2.75) is 84.6 Å². The largest absolute Gasteiger partial charge is 0.353 e. The molecule has 4 rings (SSSR count). The van der Waals surface area contributed by atoms with Crippen molar-refractivity contribution in [2.75, 3.05) is 6.54 Å². The Morgan fingerprint density at radius 2 is 1.56 bits per heavy atom. The monoisotopic (exact) mass is 510 g/mol. The number of nitrogens with zero attached hydrogens (tertiary/aromatic N) is 2. The number of halogens is 2. The Kier molecular flexibility index (Phi) is 10.3. The van der Waals surface area contributed by atoms with Crippen LogP contribution >= 0.6 is 0 Å². The van der Waals surface area contributed by atoms with Crippen molar-refractivity contribution in [2.24, 2.45) is 58.5 Å². The quantitative estimate of drug-likeness (QED) is 0.156. The van der Waals surface area contributed by atoms with E-state index in [-0.39, 0.29) is 28.7 Å². The summed E-state index contributed by atoms with van der Waals surface area (Å²) < 4.78 is 26.7. The van der Waals surface area contributed by atoms with Gasteiger partial charge in [-0.05, 0) is 92.3 Å². The first-order chi connectivity index (χ1) is 16.9. The van der Waals surface area contributed by atoms with E-state index >= 15 is 0 Å². The molecule has 0 aromatic rings. The molecule has 0 aromatic heterocycles. The maximum atomic E-state index is 13.4. The highest BCUT2D eigenvalue weighted by Gasteiger charge is 2.58. The summed E-state index contributed by atoms with van der Waals surface area (Å²) in [4.78, 5) is 25.3. The van der Waals surface area contributed by atoms with Crippen molar-refractivity contribution in [1.29, 1.82) is 0 Å². The van der Waals surface area contributed by atoms with Gasteiger partial charge in [-0.2, -0.15) is 13.8 Å². The molecule has 206 valence electrons. The normalized spacial score (nSPS) is 36.9. The molecule has 0 heterocycles. The average Bonchev–Trinajstić information content (AvgIpc) is 3.22. The molecule has 6 nitrogen and oxygen atoms in total. The first kappa shape index (κ1) is 30.4. The second-order valence-corrected chi connectivity index (χ2v) is 11.6. The number of fused-ring (bicyclic) bond motifs is 5. The van der Waals surface area contributed by atoms with Crippen molar-refractivity contribution in [1.82, 2.24) is 10.0 Å². The third-order valence-corrected chi connectivity index (χ3v) is 9.81. The van der Waals surface area contributed by atoms with Gasteiger partial charge in [0.25, 0.3) is 0 Å². The Labute approximate surface area is 216 Å². The molecule has 2 amide bonds. The average molecular weight is 511 g/mol. The number of hydrogen-bond donors (Lipinski definition) is 2. The van der Waals surface area contributed by atoms with E-state index in [1.165, 1.54) is 38.5 Å². The highest BCUT2D eigenvalue weighted by Crippen LogP contribution is 2.64. The molecule has 8 atom stereocenters. The smallest absolute Gasteiger partial charge is 0.297 e. The van der Waals surface area contributed by atoms with E-state index in [0.717, 1.165) is 42.9 Å². The van der Waals surface area contributed by atoms with Crippen LogP contribution in [0.2, 0.25) is 0 Å². The lowest BCUT2D eigenvalue weighted by Crippen LogP contribution is -2.58. The Bertz CT molecular complexity index is 773. The number of hydrazine groups is 2. The van der Waals surface area contributed by atoms with Crippen LogP contribution in [0.5, 0.6) is 0 Å². The molecule has 4 fully saturated rings. The molecule has 0 spiro atoms. The SMILES string of the molecule is C=C.C=C.C[C@H]1CCC2C(CCC3C2CCC2(C)C(C(=O)CN(N)C(=O)N(N)C(C)(F)F)CCC32)C1. The number of ketones is 1. The fraction of sp³-hybridized carbons (Fsp3) is 0.786. The van der Waals surface area contributed by atoms with Gasteiger partial charge < -0.3 is 0 Å². The standard InChI is InChI=1S/C24H40F2N4O2.2C2H4/c1-14-4-6-16-15(12-14)5-7-18-17(16)10-11-23(2)19(18)8-9-20(23)21(31)13-29(27)22(32)30(28)24(3,25)26;2*1-2/h14-20H,4-13,27-28H2,1-3H3;2*1-2H2/t14-,15?,16?,17?,18?,19?,20?,23?;;/m0../s1. The number of carbonyl (C=O) groups is 2. The Balaban J connectivity index is 0.00000109. The maximum absolute atomic E-state index is 13.4. The number of amides is 2. The summed E-state index contributed by atoms with van der Waals surface area (Å²) in [5.74, 6) is 15.2. The molecule has 4 aliphatic carbocycles. The lowest BCUT2D eigenvalue weighted by molar-refractivity contribution is -0.133. The van der Waals surface area contributed by atoms with Crippen LogP contribution in [-0.4, -0.2) is 34.4 Å². The molecule has 4 aliphatic rings. The number of rotatable bonds is 4. The highest BCUT2D eigenvalue weighted by molar-refractivity contribution is 5.87. The Morgan fingerprint density at radius 3 is 2.17 bits per heavy atom. The third kappa shape index (κ3) is 5.85. The molecule has 4 N–H and O–H groups in total. The second kappa shape index (κ2) is 12.2. The third-order valence-electron chi connectivity index (χ3n) is 9.81. The van der Waals surface area contributed by atoms with Crippen molar-refractivity contribution < 1.29 is 18.4 Å². The number of nitrogens with two attached hydrogens (primary N) is 2. The molecule has 8 heteroatoms. The van der Waals surface area contributed by atoms with Gasteiger partial charge in [0.1, 0.15) is 0 Å². The van der Waals surface area contributed by atoms with Crippen molar-refractivity contribution in [3.63, 3.8) is 0 Å². The van der Waals surface area contributed by atoms with Crippen LogP contribution in [0, 0.1) is 46.8 Å². The van der Waals surface area contributed by atoms with Crippen molar-refractivity contribution in [3.05, 3.63) is 26.3 Å². The van der Waals surface area contributed by atoms with E-state index in [9.17, 15) is 18.4 Å². The van der Waals surface area contributed by atoms with Crippen molar-refractivity contribution >= 4 is 11.8 Å². The van der Waals surface area contributed by atoms with Crippen LogP contribution in [0.15, 0.2) is 26.3 Å². The Hall–Kier alpha value is -1.80. The van der Waals surface area contributed by atoms with Gasteiger partial charge in [-0.3, -0.25) is 9.80 Å². The van der Waals surface area contributed by atoms with E-state index in [1.807, 2.05) is 0 Å². The van der Waals surface area contributed by atoms with E-state index < -0.39 is 12.1 Å². The summed E-state index contributed by atoms with van der Waals surface area (Å²) in [6.07, 6.45) is 10.7. The molecular weight excluding hydrogens is 462 g/mol. The van der Waals surface area contributed by atoms with Gasteiger partial charge >= 0.3 is 12.1 Å². The number of hydrogen-bond acceptors (Lipinski definition) is 4. The maximum Gasteiger partial charge on any atom is 0.353 e. The zero-order chi connectivity index (χ0) is 27.4. The summed E-state index contributed by atoms with van der Waals surface area (Å²) in [7, 11) is 0. The van der Waals surface area contributed by atoms with Crippen LogP contribution in [0.4, 0.5) is 13.6 Å². The molecule has 4 saturated carbocycles. The lowest BCUT2D eigenvalue weighted by Gasteiger charge is -2.56. The minimum Gasteiger partial charge on any atom is -0.297 e. The van der Waals surface area contributed by atoms with Gasteiger partial charge in [-0.1, -0.05) is 20.3 Å². The molecule has 0 radical (unpaired) electrons.